The Bertz CT molecular complexity index is 532. The van der Waals surface area contributed by atoms with E-state index in [9.17, 15) is 4.39 Å². The van der Waals surface area contributed by atoms with E-state index >= 15 is 0 Å². The third-order valence-electron chi connectivity index (χ3n) is 2.67. The van der Waals surface area contributed by atoms with E-state index < -0.39 is 6.04 Å². The molecular formula is C11H11BrClFN4. The number of hydrazine groups is 1. The molecule has 0 fully saturated rings. The van der Waals surface area contributed by atoms with Crippen LogP contribution < -0.4 is 11.3 Å². The number of hydrogen-bond acceptors (Lipinski definition) is 3. The molecule has 0 aliphatic carbocycles. The molecule has 0 spiro atoms. The number of halogens is 3. The van der Waals surface area contributed by atoms with Crippen LogP contribution >= 0.6 is 27.5 Å². The molecule has 4 nitrogen and oxygen atoms in total. The predicted octanol–water partition coefficient (Wildman–Crippen LogP) is 2.53. The molecule has 1 aromatic heterocycles. The molecule has 0 aliphatic rings. The van der Waals surface area contributed by atoms with Gasteiger partial charge in [0.05, 0.1) is 23.0 Å². The topological polar surface area (TPSA) is 55.9 Å². The molecule has 1 aromatic carbocycles. The monoisotopic (exact) mass is 332 g/mol. The normalized spacial score (nSPS) is 12.7. The Labute approximate surface area is 117 Å². The van der Waals surface area contributed by atoms with E-state index in [1.165, 1.54) is 12.3 Å². The van der Waals surface area contributed by atoms with Gasteiger partial charge in [0.15, 0.2) is 0 Å². The molecule has 0 amide bonds. The lowest BCUT2D eigenvalue weighted by Crippen LogP contribution is -2.31. The Kier molecular flexibility index (Phi) is 4.01. The summed E-state index contributed by atoms with van der Waals surface area (Å²) in [5.74, 6) is 5.16. The van der Waals surface area contributed by atoms with E-state index in [0.29, 0.717) is 20.8 Å². The van der Waals surface area contributed by atoms with E-state index in [0.717, 1.165) is 0 Å². The van der Waals surface area contributed by atoms with Gasteiger partial charge in [-0.3, -0.25) is 10.5 Å². The number of nitrogens with two attached hydrogens (primary N) is 1. The minimum Gasteiger partial charge on any atom is -0.271 e. The summed E-state index contributed by atoms with van der Waals surface area (Å²) in [7, 11) is 1.72. The maximum atomic E-state index is 13.9. The molecular weight excluding hydrogens is 323 g/mol. The minimum absolute atomic E-state index is 0.371. The number of nitrogens with one attached hydrogen (secondary N) is 1. The van der Waals surface area contributed by atoms with E-state index in [2.05, 4.69) is 26.5 Å². The van der Waals surface area contributed by atoms with Crippen molar-refractivity contribution in [2.24, 2.45) is 12.9 Å². The number of rotatable bonds is 3. The molecule has 0 bridgehead atoms. The second-order valence-corrected chi connectivity index (χ2v) is 5.00. The van der Waals surface area contributed by atoms with Crippen LogP contribution in [0.5, 0.6) is 0 Å². The number of nitrogens with zero attached hydrogens (tertiary/aromatic N) is 2. The fraction of sp³-hybridized carbons (Fsp3) is 0.182. The second-order valence-electron chi connectivity index (χ2n) is 3.74. The van der Waals surface area contributed by atoms with Crippen LogP contribution in [0, 0.1) is 5.82 Å². The van der Waals surface area contributed by atoms with Gasteiger partial charge < -0.3 is 0 Å². The van der Waals surface area contributed by atoms with Crippen molar-refractivity contribution in [1.82, 2.24) is 15.2 Å². The summed E-state index contributed by atoms with van der Waals surface area (Å²) in [6.45, 7) is 0. The van der Waals surface area contributed by atoms with Gasteiger partial charge in [0.2, 0.25) is 0 Å². The molecule has 1 heterocycles. The molecule has 0 radical (unpaired) electrons. The average Bonchev–Trinajstić information content (AvgIpc) is 2.65. The van der Waals surface area contributed by atoms with Crippen LogP contribution in [0.1, 0.15) is 17.3 Å². The number of benzene rings is 1. The summed E-state index contributed by atoms with van der Waals surface area (Å²) in [4.78, 5) is 0. The Morgan fingerprint density at radius 2 is 2.28 bits per heavy atom. The molecule has 0 aliphatic heterocycles. The van der Waals surface area contributed by atoms with Crippen molar-refractivity contribution in [3.63, 3.8) is 0 Å². The fourth-order valence-corrected chi connectivity index (χ4v) is 2.68. The van der Waals surface area contributed by atoms with Gasteiger partial charge in [-0.15, -0.1) is 0 Å². The maximum absolute atomic E-state index is 13.9. The van der Waals surface area contributed by atoms with Crippen LogP contribution in [-0.2, 0) is 7.05 Å². The maximum Gasteiger partial charge on any atom is 0.129 e. The van der Waals surface area contributed by atoms with Crippen LogP contribution in [0.3, 0.4) is 0 Å². The molecule has 18 heavy (non-hydrogen) atoms. The highest BCUT2D eigenvalue weighted by Gasteiger charge is 2.24. The van der Waals surface area contributed by atoms with Crippen LogP contribution in [0.15, 0.2) is 28.9 Å². The van der Waals surface area contributed by atoms with Crippen molar-refractivity contribution in [3.8, 4) is 0 Å². The van der Waals surface area contributed by atoms with Crippen molar-refractivity contribution in [2.45, 2.75) is 6.04 Å². The van der Waals surface area contributed by atoms with E-state index in [1.54, 1.807) is 23.9 Å². The van der Waals surface area contributed by atoms with Gasteiger partial charge in [-0.1, -0.05) is 33.6 Å². The SMILES string of the molecule is Cn1ncc(Cl)c1C(NN)c1c(F)cccc1Br. The first kappa shape index (κ1) is 13.5. The van der Waals surface area contributed by atoms with Gasteiger partial charge in [-0.05, 0) is 12.1 Å². The molecule has 1 atom stereocenters. The first-order valence-electron chi connectivity index (χ1n) is 5.13. The van der Waals surface area contributed by atoms with Gasteiger partial charge in [-0.25, -0.2) is 9.82 Å². The number of aromatic nitrogens is 2. The van der Waals surface area contributed by atoms with Crippen molar-refractivity contribution >= 4 is 27.5 Å². The lowest BCUT2D eigenvalue weighted by Gasteiger charge is -2.19. The van der Waals surface area contributed by atoms with Crippen LogP contribution in [0.25, 0.3) is 0 Å². The third kappa shape index (κ3) is 2.29. The summed E-state index contributed by atoms with van der Waals surface area (Å²) < 4.78 is 16.1. The van der Waals surface area contributed by atoms with E-state index in [1.807, 2.05) is 0 Å². The Morgan fingerprint density at radius 1 is 1.56 bits per heavy atom. The number of hydrogen-bond donors (Lipinski definition) is 2. The Hall–Kier alpha value is -0.950. The molecule has 3 N–H and O–H groups in total. The highest BCUT2D eigenvalue weighted by atomic mass is 79.9. The zero-order valence-corrected chi connectivity index (χ0v) is 11.8. The molecule has 0 saturated heterocycles. The van der Waals surface area contributed by atoms with Crippen molar-refractivity contribution in [2.75, 3.05) is 0 Å². The van der Waals surface area contributed by atoms with E-state index in [-0.39, 0.29) is 5.82 Å². The standard InChI is InChI=1S/C11H11BrClFN4/c1-18-11(7(13)5-16-18)10(17-15)9-6(12)3-2-4-8(9)14/h2-5,10,17H,15H2,1H3. The summed E-state index contributed by atoms with van der Waals surface area (Å²) in [6.07, 6.45) is 1.50. The van der Waals surface area contributed by atoms with Crippen LogP contribution in [0.2, 0.25) is 5.02 Å². The molecule has 2 rings (SSSR count). The van der Waals surface area contributed by atoms with Gasteiger partial charge in [0, 0.05) is 17.1 Å². The predicted molar refractivity (Wildman–Crippen MR) is 71.5 cm³/mol. The molecule has 1 unspecified atom stereocenters. The van der Waals surface area contributed by atoms with E-state index in [4.69, 9.17) is 17.4 Å². The summed E-state index contributed by atoms with van der Waals surface area (Å²) in [6, 6.07) is 4.14. The fourth-order valence-electron chi connectivity index (χ4n) is 1.83. The van der Waals surface area contributed by atoms with Crippen molar-refractivity contribution in [3.05, 3.63) is 51.0 Å². The molecule has 0 saturated carbocycles. The zero-order chi connectivity index (χ0) is 13.3. The average molecular weight is 334 g/mol. The van der Waals surface area contributed by atoms with Gasteiger partial charge >= 0.3 is 0 Å². The largest absolute Gasteiger partial charge is 0.271 e. The quantitative estimate of drug-likeness (QED) is 0.670. The van der Waals surface area contributed by atoms with Crippen molar-refractivity contribution in [1.29, 1.82) is 0 Å². The summed E-state index contributed by atoms with van der Waals surface area (Å²) in [5, 5.41) is 4.45. The minimum atomic E-state index is -0.583. The van der Waals surface area contributed by atoms with Gasteiger partial charge in [0.1, 0.15) is 5.82 Å². The van der Waals surface area contributed by atoms with Gasteiger partial charge in [0.25, 0.3) is 0 Å². The number of aryl methyl sites for hydroxylation is 1. The summed E-state index contributed by atoms with van der Waals surface area (Å²) in [5.41, 5.74) is 3.56. The first-order valence-corrected chi connectivity index (χ1v) is 6.30. The third-order valence-corrected chi connectivity index (χ3v) is 3.65. The second kappa shape index (κ2) is 5.36. The molecule has 2 aromatic rings. The zero-order valence-electron chi connectivity index (χ0n) is 9.49. The first-order chi connectivity index (χ1) is 8.56. The highest BCUT2D eigenvalue weighted by molar-refractivity contribution is 9.10. The molecule has 7 heteroatoms. The van der Waals surface area contributed by atoms with Gasteiger partial charge in [-0.2, -0.15) is 5.10 Å². The summed E-state index contributed by atoms with van der Waals surface area (Å²) >= 11 is 9.37. The smallest absolute Gasteiger partial charge is 0.129 e. The highest BCUT2D eigenvalue weighted by Crippen LogP contribution is 2.33. The van der Waals surface area contributed by atoms with Crippen LogP contribution in [0.4, 0.5) is 4.39 Å². The van der Waals surface area contributed by atoms with Crippen LogP contribution in [-0.4, -0.2) is 9.78 Å². The lowest BCUT2D eigenvalue weighted by atomic mass is 10.0. The van der Waals surface area contributed by atoms with Crippen molar-refractivity contribution < 1.29 is 4.39 Å². The Balaban J connectivity index is 2.59. The molecule has 96 valence electrons. The lowest BCUT2D eigenvalue weighted by molar-refractivity contribution is 0.531. The Morgan fingerprint density at radius 3 is 2.78 bits per heavy atom.